The van der Waals surface area contributed by atoms with E-state index in [2.05, 4.69) is 32.6 Å². The Kier molecular flexibility index (Phi) is 6.75. The highest BCUT2D eigenvalue weighted by Crippen LogP contribution is 2.23. The number of rotatable bonds is 7. The highest BCUT2D eigenvalue weighted by Gasteiger charge is 2.20. The van der Waals surface area contributed by atoms with Crippen molar-refractivity contribution in [3.63, 3.8) is 0 Å². The van der Waals surface area contributed by atoms with E-state index in [1.165, 1.54) is 5.69 Å². The second-order valence-electron chi connectivity index (χ2n) is 9.20. The number of nitrogens with zero attached hydrogens (tertiary/aromatic N) is 5. The van der Waals surface area contributed by atoms with Crippen molar-refractivity contribution in [3.8, 4) is 22.8 Å². The van der Waals surface area contributed by atoms with Crippen LogP contribution in [-0.2, 0) is 24.7 Å². The van der Waals surface area contributed by atoms with Crippen LogP contribution in [0.15, 0.2) is 66.0 Å². The predicted octanol–water partition coefficient (Wildman–Crippen LogP) is 4.07. The van der Waals surface area contributed by atoms with Gasteiger partial charge >= 0.3 is 0 Å². The third-order valence-corrected chi connectivity index (χ3v) is 6.58. The third-order valence-electron chi connectivity index (χ3n) is 6.58. The van der Waals surface area contributed by atoms with Crippen LogP contribution in [0.4, 0.5) is 0 Å². The number of carbonyl (C=O) groups excluding carboxylic acids is 1. The maximum atomic E-state index is 12.6. The number of benzene rings is 1. The molecule has 0 radical (unpaired) electrons. The minimum absolute atomic E-state index is 0.0346. The molecule has 0 spiro atoms. The van der Waals surface area contributed by atoms with E-state index in [1.54, 1.807) is 29.3 Å². The number of aryl methyl sites for hydroxylation is 2. The van der Waals surface area contributed by atoms with Crippen molar-refractivity contribution in [2.45, 2.75) is 51.6 Å². The Balaban J connectivity index is 1.32. The highest BCUT2D eigenvalue weighted by molar-refractivity contribution is 5.79. The van der Waals surface area contributed by atoms with E-state index in [0.717, 1.165) is 36.1 Å². The fourth-order valence-corrected chi connectivity index (χ4v) is 4.54. The molecule has 8 nitrogen and oxygen atoms in total. The molecule has 4 aromatic rings. The number of Topliss-reactive ketones (excluding diaryl/α,β-unsaturated/α-hetero) is 1. The van der Waals surface area contributed by atoms with Crippen molar-refractivity contribution in [2.24, 2.45) is 7.05 Å². The normalized spacial score (nSPS) is 14.2. The molecule has 0 amide bonds. The minimum Gasteiger partial charge on any atom is -0.487 e. The third kappa shape index (κ3) is 5.27. The zero-order chi connectivity index (χ0) is 25.1. The second-order valence-corrected chi connectivity index (χ2v) is 9.20. The standard InChI is InChI=1S/C28H29N5O3/c1-3-21-15-22(18-32(21)2)33-12-11-27(35)26(31-33)14-19-5-4-6-20(13-19)28-29-16-25(17-30-28)36-24-9-7-23(34)8-10-24/h4-6,11-13,15-18,24H,3,7-10,14H2,1-2H3. The maximum Gasteiger partial charge on any atom is 0.203 e. The Morgan fingerprint density at radius 1 is 1.06 bits per heavy atom. The molecule has 8 heteroatoms. The first-order chi connectivity index (χ1) is 17.5. The molecular formula is C28H29N5O3. The van der Waals surface area contributed by atoms with Gasteiger partial charge in [0.2, 0.25) is 5.43 Å². The smallest absolute Gasteiger partial charge is 0.203 e. The molecular weight excluding hydrogens is 454 g/mol. The van der Waals surface area contributed by atoms with Crippen LogP contribution in [0.5, 0.6) is 5.75 Å². The summed E-state index contributed by atoms with van der Waals surface area (Å²) in [5.41, 5.74) is 4.32. The van der Waals surface area contributed by atoms with E-state index in [1.807, 2.05) is 37.5 Å². The quantitative estimate of drug-likeness (QED) is 0.394. The molecule has 0 saturated heterocycles. The van der Waals surface area contributed by atoms with Crippen molar-refractivity contribution in [2.75, 3.05) is 0 Å². The average molecular weight is 484 g/mol. The van der Waals surface area contributed by atoms with Gasteiger partial charge in [-0.1, -0.05) is 25.1 Å². The minimum atomic E-state index is -0.0922. The molecule has 1 aliphatic carbocycles. The summed E-state index contributed by atoms with van der Waals surface area (Å²) in [5.74, 6) is 1.49. The lowest BCUT2D eigenvalue weighted by Gasteiger charge is -2.21. The van der Waals surface area contributed by atoms with Crippen LogP contribution in [0.25, 0.3) is 17.1 Å². The zero-order valence-electron chi connectivity index (χ0n) is 20.6. The van der Waals surface area contributed by atoms with E-state index in [-0.39, 0.29) is 11.5 Å². The lowest BCUT2D eigenvalue weighted by Crippen LogP contribution is -2.24. The summed E-state index contributed by atoms with van der Waals surface area (Å²) in [6.07, 6.45) is 11.1. The van der Waals surface area contributed by atoms with Crippen LogP contribution in [0.2, 0.25) is 0 Å². The van der Waals surface area contributed by atoms with Crippen LogP contribution in [0.1, 0.15) is 49.6 Å². The van der Waals surface area contributed by atoms with Crippen molar-refractivity contribution >= 4 is 5.78 Å². The summed E-state index contributed by atoms with van der Waals surface area (Å²) >= 11 is 0. The van der Waals surface area contributed by atoms with E-state index in [0.29, 0.717) is 42.3 Å². The first kappa shape index (κ1) is 23.7. The fourth-order valence-electron chi connectivity index (χ4n) is 4.54. The molecule has 1 fully saturated rings. The van der Waals surface area contributed by atoms with E-state index < -0.39 is 0 Å². The summed E-state index contributed by atoms with van der Waals surface area (Å²) in [7, 11) is 2.01. The van der Waals surface area contributed by atoms with Crippen molar-refractivity contribution in [1.82, 2.24) is 24.3 Å². The van der Waals surface area contributed by atoms with Gasteiger partial charge < -0.3 is 9.30 Å². The largest absolute Gasteiger partial charge is 0.487 e. The Labute approximate surface area is 209 Å². The first-order valence-electron chi connectivity index (χ1n) is 12.3. The number of ether oxygens (including phenoxy) is 1. The van der Waals surface area contributed by atoms with E-state index in [9.17, 15) is 9.59 Å². The van der Waals surface area contributed by atoms with Gasteiger partial charge in [-0.15, -0.1) is 0 Å². The maximum absolute atomic E-state index is 12.6. The molecule has 0 N–H and O–H groups in total. The molecule has 3 heterocycles. The van der Waals surface area contributed by atoms with Crippen molar-refractivity contribution in [3.05, 3.63) is 88.4 Å². The molecule has 1 saturated carbocycles. The highest BCUT2D eigenvalue weighted by atomic mass is 16.5. The Hall–Kier alpha value is -4.07. The summed E-state index contributed by atoms with van der Waals surface area (Å²) in [5, 5.41) is 4.62. The van der Waals surface area contributed by atoms with Gasteiger partial charge in [0.15, 0.2) is 11.6 Å². The molecule has 5 rings (SSSR count). The van der Waals surface area contributed by atoms with Crippen LogP contribution in [0, 0.1) is 0 Å². The van der Waals surface area contributed by atoms with Gasteiger partial charge in [0, 0.05) is 56.0 Å². The van der Waals surface area contributed by atoms with Gasteiger partial charge in [0.25, 0.3) is 0 Å². The zero-order valence-corrected chi connectivity index (χ0v) is 20.6. The van der Waals surface area contributed by atoms with Gasteiger partial charge in [0.05, 0.1) is 24.2 Å². The van der Waals surface area contributed by atoms with Gasteiger partial charge in [-0.2, -0.15) is 5.10 Å². The van der Waals surface area contributed by atoms with Crippen LogP contribution < -0.4 is 10.2 Å². The van der Waals surface area contributed by atoms with Gasteiger partial charge in [-0.05, 0) is 37.0 Å². The summed E-state index contributed by atoms with van der Waals surface area (Å²) in [6, 6.07) is 11.5. The Morgan fingerprint density at radius 2 is 1.83 bits per heavy atom. The van der Waals surface area contributed by atoms with Gasteiger partial charge in [-0.3, -0.25) is 9.59 Å². The molecule has 0 aliphatic heterocycles. The first-order valence-corrected chi connectivity index (χ1v) is 12.3. The van der Waals surface area contributed by atoms with E-state index in [4.69, 9.17) is 4.74 Å². The molecule has 0 bridgehead atoms. The van der Waals surface area contributed by atoms with Crippen LogP contribution in [-0.4, -0.2) is 36.2 Å². The molecule has 3 aromatic heterocycles. The van der Waals surface area contributed by atoms with E-state index >= 15 is 0 Å². The molecule has 1 aliphatic rings. The molecule has 0 unspecified atom stereocenters. The lowest BCUT2D eigenvalue weighted by atomic mass is 9.96. The monoisotopic (exact) mass is 483 g/mol. The van der Waals surface area contributed by atoms with Crippen molar-refractivity contribution in [1.29, 1.82) is 0 Å². The number of hydrogen-bond acceptors (Lipinski definition) is 6. The SMILES string of the molecule is CCc1cc(-n2ccc(=O)c(Cc3cccc(-c4ncc(OC5CCC(=O)CC5)cn4)c3)n2)cn1C. The van der Waals surface area contributed by atoms with Gasteiger partial charge in [-0.25, -0.2) is 14.6 Å². The lowest BCUT2D eigenvalue weighted by molar-refractivity contribution is -0.121. The van der Waals surface area contributed by atoms with Crippen molar-refractivity contribution < 1.29 is 9.53 Å². The Morgan fingerprint density at radius 3 is 2.56 bits per heavy atom. The Bertz CT molecular complexity index is 1430. The second kappa shape index (κ2) is 10.3. The fraction of sp³-hybridized carbons (Fsp3) is 0.321. The summed E-state index contributed by atoms with van der Waals surface area (Å²) < 4.78 is 9.78. The molecule has 36 heavy (non-hydrogen) atoms. The van der Waals surface area contributed by atoms with Crippen LogP contribution >= 0.6 is 0 Å². The topological polar surface area (TPSA) is 91.9 Å². The molecule has 184 valence electrons. The average Bonchev–Trinajstić information content (AvgIpc) is 3.28. The predicted molar refractivity (Wildman–Crippen MR) is 136 cm³/mol. The summed E-state index contributed by atoms with van der Waals surface area (Å²) in [4.78, 5) is 33.0. The van der Waals surface area contributed by atoms with Gasteiger partial charge in [0.1, 0.15) is 11.5 Å². The molecule has 0 atom stereocenters. The number of aromatic nitrogens is 5. The molecule has 1 aromatic carbocycles. The number of hydrogen-bond donors (Lipinski definition) is 0. The summed E-state index contributed by atoms with van der Waals surface area (Å²) in [6.45, 7) is 2.11. The number of ketones is 1. The van der Waals surface area contributed by atoms with Crippen LogP contribution in [0.3, 0.4) is 0 Å². The number of carbonyl (C=O) groups is 1.